The Morgan fingerprint density at radius 2 is 1.04 bits per heavy atom. The molecule has 0 bridgehead atoms. The molecule has 0 radical (unpaired) electrons. The van der Waals surface area contributed by atoms with Gasteiger partial charge in [0.25, 0.3) is 0 Å². The maximum absolute atomic E-state index is 4.10. The van der Waals surface area contributed by atoms with Gasteiger partial charge in [-0.05, 0) is 0 Å². The second-order valence-electron chi connectivity index (χ2n) is 7.02. The van der Waals surface area contributed by atoms with Crippen molar-refractivity contribution in [3.63, 3.8) is 0 Å². The van der Waals surface area contributed by atoms with Crippen LogP contribution in [-0.2, 0) is 0 Å². The fourth-order valence-electron chi connectivity index (χ4n) is 4.09. The summed E-state index contributed by atoms with van der Waals surface area (Å²) in [5, 5.41) is 0. The van der Waals surface area contributed by atoms with Crippen LogP contribution in [0.2, 0.25) is 0 Å². The van der Waals surface area contributed by atoms with Gasteiger partial charge in [0, 0.05) is 0 Å². The minimum atomic E-state index is -2.54. The molecule has 28 heavy (non-hydrogen) atoms. The van der Waals surface area contributed by atoms with Gasteiger partial charge in [0.2, 0.25) is 0 Å². The molecule has 0 spiro atoms. The molecule has 4 aromatic rings. The molecule has 4 aromatic carbocycles. The molecule has 0 nitrogen and oxygen atoms in total. The molecule has 4 rings (SSSR count). The number of benzene rings is 4. The summed E-state index contributed by atoms with van der Waals surface area (Å²) in [5.41, 5.74) is 4.05. The van der Waals surface area contributed by atoms with Crippen molar-refractivity contribution in [2.45, 2.75) is 3.93 Å². The van der Waals surface area contributed by atoms with E-state index in [2.05, 4.69) is 122 Å². The van der Waals surface area contributed by atoms with Crippen LogP contribution in [0.1, 0.15) is 20.6 Å². The Morgan fingerprint density at radius 3 is 1.57 bits per heavy atom. The number of rotatable bonds is 6. The van der Waals surface area contributed by atoms with Crippen LogP contribution >= 0.6 is 0 Å². The first-order valence-corrected chi connectivity index (χ1v) is 14.9. The Labute approximate surface area is 174 Å². The van der Waals surface area contributed by atoms with E-state index in [0.717, 1.165) is 0 Å². The number of hydrogen-bond acceptors (Lipinski definition) is 0. The van der Waals surface area contributed by atoms with E-state index in [4.69, 9.17) is 0 Å². The number of hydrogen-bond donors (Lipinski definition) is 0. The zero-order valence-electron chi connectivity index (χ0n) is 15.9. The van der Waals surface area contributed by atoms with Crippen molar-refractivity contribution >= 4 is 33.0 Å². The molecule has 1 unspecified atom stereocenters. The maximum atomic E-state index is 4.10. The van der Waals surface area contributed by atoms with Gasteiger partial charge in [0.1, 0.15) is 0 Å². The molecule has 0 heterocycles. The fourth-order valence-corrected chi connectivity index (χ4v) is 14.6. The van der Waals surface area contributed by atoms with Crippen molar-refractivity contribution in [1.82, 2.24) is 0 Å². The molecule has 0 fully saturated rings. The Hall–Kier alpha value is -2.58. The van der Waals surface area contributed by atoms with Gasteiger partial charge in [-0.3, -0.25) is 0 Å². The monoisotopic (exact) mass is 468 g/mol. The van der Waals surface area contributed by atoms with Crippen LogP contribution in [0.15, 0.2) is 122 Å². The average Bonchev–Trinajstić information content (AvgIpc) is 2.79. The molecular weight excluding hydrogens is 443 g/mol. The Bertz CT molecular complexity index is 984. The van der Waals surface area contributed by atoms with Crippen molar-refractivity contribution in [2.75, 3.05) is 0 Å². The average molecular weight is 467 g/mol. The molecule has 0 amide bonds. The van der Waals surface area contributed by atoms with Gasteiger partial charge in [-0.15, -0.1) is 0 Å². The topological polar surface area (TPSA) is 0 Å². The molecule has 0 aliphatic carbocycles. The van der Waals surface area contributed by atoms with E-state index in [9.17, 15) is 0 Å². The molecule has 0 aromatic heterocycles. The van der Waals surface area contributed by atoms with E-state index in [1.807, 2.05) is 6.08 Å². The van der Waals surface area contributed by atoms with Crippen molar-refractivity contribution in [3.8, 4) is 0 Å². The Balaban J connectivity index is 1.98. The van der Waals surface area contributed by atoms with Gasteiger partial charge >= 0.3 is 175 Å². The van der Waals surface area contributed by atoms with E-state index >= 15 is 0 Å². The van der Waals surface area contributed by atoms with Crippen LogP contribution in [0.3, 0.4) is 0 Å². The molecule has 0 N–H and O–H groups in total. The molecule has 1 atom stereocenters. The standard InChI is InChI=1S/C15H13.2C6H5.Sn.H/c1-2-14-10-6-7-11-15(14)12-13-8-4-3-5-9-13;2*1-2-4-6-5-3-1;;/h2-12H,1H2;2*1-5H;;. The molecule has 136 valence electrons. The van der Waals surface area contributed by atoms with E-state index < -0.39 is 19.8 Å². The fraction of sp³-hybridized carbons (Fsp3) is 0.0370. The zero-order chi connectivity index (χ0) is 19.2. The summed E-state index contributed by atoms with van der Waals surface area (Å²) < 4.78 is 3.47. The van der Waals surface area contributed by atoms with Crippen LogP contribution in [-0.4, -0.2) is 19.8 Å². The first-order chi connectivity index (χ1) is 13.9. The third-order valence-corrected chi connectivity index (χ3v) is 15.7. The van der Waals surface area contributed by atoms with Gasteiger partial charge in [0.15, 0.2) is 0 Å². The van der Waals surface area contributed by atoms with Crippen molar-refractivity contribution in [2.24, 2.45) is 0 Å². The van der Waals surface area contributed by atoms with Crippen LogP contribution in [0, 0.1) is 0 Å². The summed E-state index contributed by atoms with van der Waals surface area (Å²) in [6.07, 6.45) is 2.00. The molecule has 0 saturated carbocycles. The molecular formula is C27H24Sn. The zero-order valence-corrected chi connectivity index (χ0v) is 19.2. The van der Waals surface area contributed by atoms with Crippen molar-refractivity contribution in [1.29, 1.82) is 0 Å². The van der Waals surface area contributed by atoms with Crippen LogP contribution in [0.25, 0.3) is 6.08 Å². The molecule has 1 heteroatoms. The van der Waals surface area contributed by atoms with E-state index in [1.165, 1.54) is 23.8 Å². The molecule has 0 aliphatic rings. The minimum absolute atomic E-state index is 0.405. The molecule has 0 saturated heterocycles. The quantitative estimate of drug-likeness (QED) is 0.349. The van der Waals surface area contributed by atoms with E-state index in [0.29, 0.717) is 3.93 Å². The summed E-state index contributed by atoms with van der Waals surface area (Å²) >= 11 is -2.54. The SMILES string of the molecule is C=Cc1ccccc1[CH](c1ccccc1)[SnH]([c]1ccccc1)[c]1ccccc1. The van der Waals surface area contributed by atoms with Crippen LogP contribution in [0.5, 0.6) is 0 Å². The first kappa shape index (κ1) is 18.8. The summed E-state index contributed by atoms with van der Waals surface area (Å²) in [7, 11) is 0. The third-order valence-electron chi connectivity index (χ3n) is 5.36. The molecule has 0 aliphatic heterocycles. The second kappa shape index (κ2) is 9.07. The van der Waals surface area contributed by atoms with E-state index in [1.54, 1.807) is 0 Å². The van der Waals surface area contributed by atoms with Gasteiger partial charge in [-0.1, -0.05) is 0 Å². The second-order valence-corrected chi connectivity index (χ2v) is 15.5. The summed E-state index contributed by atoms with van der Waals surface area (Å²) in [5.74, 6) is 0. The Kier molecular flexibility index (Phi) is 6.08. The van der Waals surface area contributed by atoms with Crippen molar-refractivity contribution in [3.05, 3.63) is 139 Å². The van der Waals surface area contributed by atoms with Gasteiger partial charge in [-0.2, -0.15) is 0 Å². The van der Waals surface area contributed by atoms with Crippen LogP contribution < -0.4 is 7.16 Å². The van der Waals surface area contributed by atoms with Gasteiger partial charge in [-0.25, -0.2) is 0 Å². The van der Waals surface area contributed by atoms with Gasteiger partial charge < -0.3 is 0 Å². The first-order valence-electron chi connectivity index (χ1n) is 9.74. The Morgan fingerprint density at radius 1 is 0.571 bits per heavy atom. The third kappa shape index (κ3) is 3.97. The van der Waals surface area contributed by atoms with Gasteiger partial charge in [0.05, 0.1) is 0 Å². The normalized spacial score (nSPS) is 11.9. The summed E-state index contributed by atoms with van der Waals surface area (Å²) in [4.78, 5) is 0. The summed E-state index contributed by atoms with van der Waals surface area (Å²) in [6, 6.07) is 42.1. The van der Waals surface area contributed by atoms with E-state index in [-0.39, 0.29) is 0 Å². The predicted octanol–water partition coefficient (Wildman–Crippen LogP) is 5.04. The summed E-state index contributed by atoms with van der Waals surface area (Å²) in [6.45, 7) is 4.10. The van der Waals surface area contributed by atoms with Crippen LogP contribution in [0.4, 0.5) is 0 Å². The van der Waals surface area contributed by atoms with Crippen molar-refractivity contribution < 1.29 is 0 Å². The predicted molar refractivity (Wildman–Crippen MR) is 124 cm³/mol.